The third kappa shape index (κ3) is 4.75. The molecule has 1 saturated carbocycles. The molecule has 3 aliphatic heterocycles. The molecular formula is C35H36F2N6O2. The van der Waals surface area contributed by atoms with Crippen LogP contribution in [0.3, 0.4) is 0 Å². The highest BCUT2D eigenvalue weighted by Crippen LogP contribution is 2.58. The summed E-state index contributed by atoms with van der Waals surface area (Å²) in [5.41, 5.74) is 4.61. The minimum Gasteiger partial charge on any atom is -0.461 e. The monoisotopic (exact) mass is 610 g/mol. The fourth-order valence-corrected chi connectivity index (χ4v) is 8.61. The highest BCUT2D eigenvalue weighted by atomic mass is 19.1. The van der Waals surface area contributed by atoms with Crippen LogP contribution in [-0.2, 0) is 11.2 Å². The summed E-state index contributed by atoms with van der Waals surface area (Å²) in [6.45, 7) is 6.53. The standard InChI is InChI=1S/C35H36F2N6O2/c1-21(36)33(44)43-14-13-41(19-24(43)7-10-38)32-28-17-29(37)27(25-6-2-5-22-15-23-16-26(23)31(22)25)18-30(28)39-34(40-32)45-20-35-8-3-11-42(35)12-4-9-35/h2,5-6,17-18,23-24,26H,1,3-4,7-9,11-16,19-20H2/t23?,24-,26+/m0/s1. The Balaban J connectivity index is 1.20. The van der Waals surface area contributed by atoms with E-state index < -0.39 is 17.8 Å². The summed E-state index contributed by atoms with van der Waals surface area (Å²) < 4.78 is 36.4. The molecule has 4 heterocycles. The van der Waals surface area contributed by atoms with Gasteiger partial charge in [0.2, 0.25) is 0 Å². The van der Waals surface area contributed by atoms with Gasteiger partial charge in [0.1, 0.15) is 18.2 Å². The van der Waals surface area contributed by atoms with Crippen LogP contribution in [0.1, 0.15) is 55.6 Å². The van der Waals surface area contributed by atoms with Gasteiger partial charge < -0.3 is 14.5 Å². The second-order valence-corrected chi connectivity index (χ2v) is 13.4. The fraction of sp³-hybridized carbons (Fsp3) is 0.486. The van der Waals surface area contributed by atoms with Crippen LogP contribution in [0, 0.1) is 23.1 Å². The van der Waals surface area contributed by atoms with Crippen molar-refractivity contribution in [3.8, 4) is 23.2 Å². The first-order valence-corrected chi connectivity index (χ1v) is 16.1. The zero-order chi connectivity index (χ0) is 30.9. The summed E-state index contributed by atoms with van der Waals surface area (Å²) in [4.78, 5) is 28.1. The van der Waals surface area contributed by atoms with Crippen molar-refractivity contribution in [2.75, 3.05) is 44.2 Å². The number of benzene rings is 2. The van der Waals surface area contributed by atoms with E-state index in [1.807, 2.05) is 23.1 Å². The topological polar surface area (TPSA) is 85.6 Å². The number of anilines is 1. The van der Waals surface area contributed by atoms with Gasteiger partial charge in [-0.1, -0.05) is 24.8 Å². The van der Waals surface area contributed by atoms with Crippen molar-refractivity contribution in [1.29, 1.82) is 5.26 Å². The Morgan fingerprint density at radius 2 is 1.96 bits per heavy atom. The predicted molar refractivity (Wildman–Crippen MR) is 166 cm³/mol. The van der Waals surface area contributed by atoms with Crippen molar-refractivity contribution in [2.24, 2.45) is 5.92 Å². The molecule has 0 spiro atoms. The van der Waals surface area contributed by atoms with E-state index >= 15 is 4.39 Å². The second-order valence-electron chi connectivity index (χ2n) is 13.4. The Hall–Kier alpha value is -4.10. The average molecular weight is 611 g/mol. The molecule has 0 N–H and O–H groups in total. The van der Waals surface area contributed by atoms with E-state index in [0.717, 1.165) is 57.2 Å². The predicted octanol–water partition coefficient (Wildman–Crippen LogP) is 5.52. The Kier molecular flexibility index (Phi) is 6.79. The number of rotatable bonds is 7. The van der Waals surface area contributed by atoms with Gasteiger partial charge >= 0.3 is 6.01 Å². The smallest absolute Gasteiger partial charge is 0.319 e. The number of aromatic nitrogens is 2. The van der Waals surface area contributed by atoms with Crippen molar-refractivity contribution in [1.82, 2.24) is 19.8 Å². The van der Waals surface area contributed by atoms with Gasteiger partial charge in [-0.15, -0.1) is 0 Å². The summed E-state index contributed by atoms with van der Waals surface area (Å²) in [7, 11) is 0. The van der Waals surface area contributed by atoms with E-state index in [-0.39, 0.29) is 36.9 Å². The van der Waals surface area contributed by atoms with Crippen LogP contribution in [-0.4, -0.2) is 76.6 Å². The number of carbonyl (C=O) groups excluding carboxylic acids is 1. The first-order valence-electron chi connectivity index (χ1n) is 16.1. The molecule has 1 unspecified atom stereocenters. The van der Waals surface area contributed by atoms with Crippen LogP contribution in [0.2, 0.25) is 0 Å². The number of amides is 1. The number of hydrogen-bond acceptors (Lipinski definition) is 7. The van der Waals surface area contributed by atoms with Gasteiger partial charge in [0.15, 0.2) is 5.83 Å². The first-order chi connectivity index (χ1) is 21.8. The molecule has 5 aliphatic rings. The highest BCUT2D eigenvalue weighted by molar-refractivity contribution is 5.94. The molecule has 0 radical (unpaired) electrons. The summed E-state index contributed by atoms with van der Waals surface area (Å²) >= 11 is 0. The molecule has 2 aromatic carbocycles. The molecule has 45 heavy (non-hydrogen) atoms. The van der Waals surface area contributed by atoms with Crippen LogP contribution < -0.4 is 9.64 Å². The minimum atomic E-state index is -1.05. The molecule has 4 fully saturated rings. The van der Waals surface area contributed by atoms with Crippen LogP contribution in [0.15, 0.2) is 42.7 Å². The number of halogens is 2. The molecule has 3 atom stereocenters. The second kappa shape index (κ2) is 10.8. The summed E-state index contributed by atoms with van der Waals surface area (Å²) in [6.07, 6.45) is 6.68. The van der Waals surface area contributed by atoms with E-state index in [9.17, 15) is 14.4 Å². The van der Waals surface area contributed by atoms with Crippen LogP contribution in [0.4, 0.5) is 14.6 Å². The lowest BCUT2D eigenvalue weighted by atomic mass is 9.93. The van der Waals surface area contributed by atoms with Gasteiger partial charge in [-0.2, -0.15) is 15.2 Å². The van der Waals surface area contributed by atoms with Gasteiger partial charge in [0.05, 0.1) is 29.6 Å². The van der Waals surface area contributed by atoms with E-state index in [2.05, 4.69) is 23.6 Å². The van der Waals surface area contributed by atoms with Gasteiger partial charge in [-0.25, -0.2) is 8.78 Å². The molecule has 3 saturated heterocycles. The largest absolute Gasteiger partial charge is 0.461 e. The molecule has 1 aromatic heterocycles. The Morgan fingerprint density at radius 3 is 2.73 bits per heavy atom. The Bertz CT molecular complexity index is 1760. The minimum absolute atomic E-state index is 0.00350. The lowest BCUT2D eigenvalue weighted by Crippen LogP contribution is -2.55. The number of ether oxygens (including phenoxy) is 1. The maximum absolute atomic E-state index is 16.2. The number of piperazine rings is 1. The summed E-state index contributed by atoms with van der Waals surface area (Å²) in [6, 6.07) is 11.3. The van der Waals surface area contributed by atoms with Crippen molar-refractivity contribution in [2.45, 2.75) is 62.4 Å². The average Bonchev–Trinajstić information content (AvgIpc) is 3.32. The van der Waals surface area contributed by atoms with Crippen molar-refractivity contribution < 1.29 is 18.3 Å². The van der Waals surface area contributed by atoms with Crippen LogP contribution in [0.25, 0.3) is 22.0 Å². The molecule has 1 amide bonds. The lowest BCUT2D eigenvalue weighted by molar-refractivity contribution is -0.131. The number of hydrogen-bond donors (Lipinski definition) is 0. The molecule has 232 valence electrons. The number of nitriles is 1. The van der Waals surface area contributed by atoms with Crippen LogP contribution in [0.5, 0.6) is 6.01 Å². The number of carbonyl (C=O) groups is 1. The van der Waals surface area contributed by atoms with Gasteiger partial charge in [-0.05, 0) is 92.3 Å². The molecule has 8 rings (SSSR count). The maximum Gasteiger partial charge on any atom is 0.319 e. The van der Waals surface area contributed by atoms with E-state index in [4.69, 9.17) is 14.7 Å². The Labute approximate surface area is 261 Å². The van der Waals surface area contributed by atoms with Crippen LogP contribution >= 0.6 is 0 Å². The molecular weight excluding hydrogens is 574 g/mol. The highest BCUT2D eigenvalue weighted by Gasteiger charge is 2.47. The van der Waals surface area contributed by atoms with E-state index in [1.165, 1.54) is 22.1 Å². The summed E-state index contributed by atoms with van der Waals surface area (Å²) in [5.74, 6) is -0.551. The van der Waals surface area contributed by atoms with E-state index in [0.29, 0.717) is 47.3 Å². The molecule has 0 bridgehead atoms. The fourth-order valence-electron chi connectivity index (χ4n) is 8.61. The van der Waals surface area contributed by atoms with Gasteiger partial charge in [0.25, 0.3) is 5.91 Å². The van der Waals surface area contributed by atoms with Gasteiger partial charge in [0, 0.05) is 30.6 Å². The molecule has 2 aliphatic carbocycles. The maximum atomic E-state index is 16.2. The lowest BCUT2D eigenvalue weighted by Gasteiger charge is -2.41. The summed E-state index contributed by atoms with van der Waals surface area (Å²) in [5, 5.41) is 10.1. The quantitative estimate of drug-likeness (QED) is 0.326. The van der Waals surface area contributed by atoms with Crippen molar-refractivity contribution in [3.05, 3.63) is 59.7 Å². The molecule has 8 nitrogen and oxygen atoms in total. The molecule has 3 aromatic rings. The number of fused-ring (bicyclic) bond motifs is 5. The number of nitrogens with zero attached hydrogens (tertiary/aromatic N) is 6. The third-order valence-corrected chi connectivity index (χ3v) is 10.9. The Morgan fingerprint density at radius 1 is 1.13 bits per heavy atom. The van der Waals surface area contributed by atoms with Crippen molar-refractivity contribution in [3.63, 3.8) is 0 Å². The normalized spacial score (nSPS) is 24.7. The zero-order valence-corrected chi connectivity index (χ0v) is 25.3. The first kappa shape index (κ1) is 28.4. The SMILES string of the molecule is C=C(F)C(=O)N1CCN(c2nc(OCC34CCCN3CCC4)nc3cc(-c4cccc5c4[C@@H]4CC4C5)c(F)cc23)C[C@@H]1CC#N. The van der Waals surface area contributed by atoms with Crippen molar-refractivity contribution >= 4 is 22.6 Å². The van der Waals surface area contributed by atoms with E-state index in [1.54, 1.807) is 0 Å². The third-order valence-electron chi connectivity index (χ3n) is 10.9. The zero-order valence-electron chi connectivity index (χ0n) is 25.3. The molecule has 10 heteroatoms. The van der Waals surface area contributed by atoms with Gasteiger partial charge in [-0.3, -0.25) is 9.69 Å².